The Balaban J connectivity index is 1.31. The zero-order chi connectivity index (χ0) is 29.9. The van der Waals surface area contributed by atoms with Crippen LogP contribution in [0, 0.1) is 17.0 Å². The molecule has 3 aromatic carbocycles. The summed E-state index contributed by atoms with van der Waals surface area (Å²) in [7, 11) is 3.94. The number of hydrogen-bond acceptors (Lipinski definition) is 4. The summed E-state index contributed by atoms with van der Waals surface area (Å²) in [6.07, 6.45) is 5.14. The molecule has 3 aromatic rings. The zero-order valence-electron chi connectivity index (χ0n) is 23.8. The standard InChI is InChI=1S/C33H34F2N4O3/c1-38(2)18-16-36-30(40)24-13-14-33(21-24)15-17-39(29-6-4-3-5-23(29)20-33)32(42)22-7-10-26(11-8-22)37-31(41)27-19-25(34)9-12-28(27)35/h3-12,19,21H,13-18,20H2,1-2H3,(H,36,40)(H,37,41). The first-order valence-corrected chi connectivity index (χ1v) is 14.0. The van der Waals surface area contributed by atoms with Crippen molar-refractivity contribution in [2.45, 2.75) is 25.7 Å². The minimum atomic E-state index is -0.826. The number of allylic oxidation sites excluding steroid dienone is 1. The van der Waals surface area contributed by atoms with E-state index in [1.54, 1.807) is 29.2 Å². The van der Waals surface area contributed by atoms with Crippen molar-refractivity contribution in [1.82, 2.24) is 10.2 Å². The normalized spacial score (nSPS) is 17.9. The second-order valence-electron chi connectivity index (χ2n) is 11.3. The van der Waals surface area contributed by atoms with Crippen LogP contribution in [0.25, 0.3) is 0 Å². The molecular weight excluding hydrogens is 538 g/mol. The Morgan fingerprint density at radius 1 is 0.952 bits per heavy atom. The van der Waals surface area contributed by atoms with Gasteiger partial charge in [-0.05, 0) is 99.3 Å². The van der Waals surface area contributed by atoms with Gasteiger partial charge in [0, 0.05) is 42.1 Å². The highest BCUT2D eigenvalue weighted by atomic mass is 19.1. The van der Waals surface area contributed by atoms with Crippen molar-refractivity contribution < 1.29 is 23.2 Å². The first-order valence-electron chi connectivity index (χ1n) is 14.0. The van der Waals surface area contributed by atoms with Crippen LogP contribution in [0.5, 0.6) is 0 Å². The number of halogens is 2. The second kappa shape index (κ2) is 12.2. The van der Waals surface area contributed by atoms with E-state index in [1.807, 2.05) is 43.3 Å². The highest BCUT2D eigenvalue weighted by Crippen LogP contribution is 2.46. The summed E-state index contributed by atoms with van der Waals surface area (Å²) in [4.78, 5) is 42.9. The molecule has 1 heterocycles. The Morgan fingerprint density at radius 3 is 2.48 bits per heavy atom. The summed E-state index contributed by atoms with van der Waals surface area (Å²) < 4.78 is 27.5. The smallest absolute Gasteiger partial charge is 0.258 e. The fourth-order valence-electron chi connectivity index (χ4n) is 5.70. The Labute approximate surface area is 244 Å². The van der Waals surface area contributed by atoms with Crippen LogP contribution < -0.4 is 15.5 Å². The van der Waals surface area contributed by atoms with Gasteiger partial charge in [-0.15, -0.1) is 0 Å². The Kier molecular flexibility index (Phi) is 8.49. The van der Waals surface area contributed by atoms with Gasteiger partial charge in [0.1, 0.15) is 11.6 Å². The van der Waals surface area contributed by atoms with Crippen LogP contribution in [-0.4, -0.2) is 56.4 Å². The lowest BCUT2D eigenvalue weighted by Crippen LogP contribution is -2.33. The van der Waals surface area contributed by atoms with Gasteiger partial charge < -0.3 is 20.4 Å². The molecule has 1 unspecified atom stereocenters. The number of para-hydroxylation sites is 1. The maximum atomic E-state index is 14.0. The number of nitrogens with one attached hydrogen (secondary N) is 2. The van der Waals surface area contributed by atoms with Crippen molar-refractivity contribution in [3.8, 4) is 0 Å². The summed E-state index contributed by atoms with van der Waals surface area (Å²) in [5, 5.41) is 5.57. The van der Waals surface area contributed by atoms with Gasteiger partial charge in [-0.25, -0.2) is 8.78 Å². The number of hydrogen-bond donors (Lipinski definition) is 2. The topological polar surface area (TPSA) is 81.8 Å². The number of amides is 3. The Bertz CT molecular complexity index is 1540. The number of rotatable bonds is 7. The lowest BCUT2D eigenvalue weighted by Gasteiger charge is -2.26. The largest absolute Gasteiger partial charge is 0.351 e. The number of fused-ring (bicyclic) bond motifs is 1. The summed E-state index contributed by atoms with van der Waals surface area (Å²) in [5.74, 6) is -2.53. The maximum absolute atomic E-state index is 14.0. The number of benzene rings is 3. The predicted octanol–water partition coefficient (Wildman–Crippen LogP) is 5.19. The number of anilines is 2. The van der Waals surface area contributed by atoms with E-state index in [2.05, 4.69) is 16.7 Å². The number of carbonyl (C=O) groups is 3. The number of carbonyl (C=O) groups excluding carboxylic acids is 3. The highest BCUT2D eigenvalue weighted by Gasteiger charge is 2.39. The quantitative estimate of drug-likeness (QED) is 0.408. The van der Waals surface area contributed by atoms with Crippen molar-refractivity contribution >= 4 is 29.1 Å². The molecule has 42 heavy (non-hydrogen) atoms. The van der Waals surface area contributed by atoms with Crippen molar-refractivity contribution in [3.63, 3.8) is 0 Å². The van der Waals surface area contributed by atoms with E-state index >= 15 is 0 Å². The lowest BCUT2D eigenvalue weighted by atomic mass is 9.79. The minimum Gasteiger partial charge on any atom is -0.351 e. The van der Waals surface area contributed by atoms with Crippen molar-refractivity contribution in [3.05, 3.63) is 107 Å². The molecule has 1 spiro atoms. The highest BCUT2D eigenvalue weighted by molar-refractivity contribution is 6.08. The Morgan fingerprint density at radius 2 is 1.71 bits per heavy atom. The van der Waals surface area contributed by atoms with Gasteiger partial charge in [0.25, 0.3) is 11.8 Å². The molecule has 3 amide bonds. The summed E-state index contributed by atoms with van der Waals surface area (Å²) in [6.45, 7) is 1.85. The molecule has 0 saturated carbocycles. The van der Waals surface area contributed by atoms with Crippen LogP contribution in [-0.2, 0) is 11.2 Å². The first-order chi connectivity index (χ1) is 20.1. The van der Waals surface area contributed by atoms with Crippen LogP contribution in [0.4, 0.5) is 20.2 Å². The van der Waals surface area contributed by atoms with Crippen molar-refractivity contribution in [2.24, 2.45) is 5.41 Å². The van der Waals surface area contributed by atoms with Crippen LogP contribution in [0.1, 0.15) is 45.5 Å². The van der Waals surface area contributed by atoms with Gasteiger partial charge in [0.2, 0.25) is 5.91 Å². The molecule has 0 saturated heterocycles. The third kappa shape index (κ3) is 6.41. The van der Waals surface area contributed by atoms with E-state index in [1.165, 1.54) is 0 Å². The van der Waals surface area contributed by atoms with E-state index in [4.69, 9.17) is 0 Å². The van der Waals surface area contributed by atoms with Crippen LogP contribution in [0.2, 0.25) is 0 Å². The monoisotopic (exact) mass is 572 g/mol. The van der Waals surface area contributed by atoms with E-state index < -0.39 is 23.1 Å². The molecule has 9 heteroatoms. The molecule has 2 N–H and O–H groups in total. The summed E-state index contributed by atoms with van der Waals surface area (Å²) >= 11 is 0. The molecule has 7 nitrogen and oxygen atoms in total. The number of likely N-dealkylation sites (N-methyl/N-ethyl adjacent to an activating group) is 1. The fraction of sp³-hybridized carbons (Fsp3) is 0.303. The predicted molar refractivity (Wildman–Crippen MR) is 159 cm³/mol. The third-order valence-electron chi connectivity index (χ3n) is 7.98. The van der Waals surface area contributed by atoms with Crippen LogP contribution >= 0.6 is 0 Å². The van der Waals surface area contributed by atoms with Gasteiger partial charge in [-0.2, -0.15) is 0 Å². The maximum Gasteiger partial charge on any atom is 0.258 e. The molecule has 0 bridgehead atoms. The average molecular weight is 573 g/mol. The molecule has 0 fully saturated rings. The van der Waals surface area contributed by atoms with E-state index in [-0.39, 0.29) is 17.2 Å². The third-order valence-corrected chi connectivity index (χ3v) is 7.98. The van der Waals surface area contributed by atoms with Crippen molar-refractivity contribution in [1.29, 1.82) is 0 Å². The van der Waals surface area contributed by atoms with E-state index in [9.17, 15) is 23.2 Å². The average Bonchev–Trinajstić information content (AvgIpc) is 3.31. The second-order valence-corrected chi connectivity index (χ2v) is 11.3. The molecule has 1 atom stereocenters. The van der Waals surface area contributed by atoms with Gasteiger partial charge in [0.15, 0.2) is 0 Å². The molecule has 0 radical (unpaired) electrons. The summed E-state index contributed by atoms with van der Waals surface area (Å²) in [5.41, 5.74) is 2.87. The SMILES string of the molecule is CN(C)CCNC(=O)C1=CC2(CC1)CCN(C(=O)c1ccc(NC(=O)c3cc(F)ccc3F)cc1)c1ccccc1C2. The molecule has 0 aromatic heterocycles. The minimum absolute atomic E-state index is 0.0218. The zero-order valence-corrected chi connectivity index (χ0v) is 23.8. The fourth-order valence-corrected chi connectivity index (χ4v) is 5.70. The first kappa shape index (κ1) is 29.1. The Hall–Kier alpha value is -4.37. The van der Waals surface area contributed by atoms with Gasteiger partial charge in [-0.3, -0.25) is 14.4 Å². The van der Waals surface area contributed by atoms with E-state index in [0.29, 0.717) is 30.8 Å². The van der Waals surface area contributed by atoms with Gasteiger partial charge >= 0.3 is 0 Å². The lowest BCUT2D eigenvalue weighted by molar-refractivity contribution is -0.117. The molecule has 1 aliphatic heterocycles. The molecule has 1 aliphatic carbocycles. The molecular formula is C33H34F2N4O3. The van der Waals surface area contributed by atoms with Crippen LogP contribution in [0.3, 0.4) is 0 Å². The van der Waals surface area contributed by atoms with Gasteiger partial charge in [0.05, 0.1) is 5.56 Å². The van der Waals surface area contributed by atoms with Crippen molar-refractivity contribution in [2.75, 3.05) is 43.9 Å². The van der Waals surface area contributed by atoms with Crippen LogP contribution in [0.15, 0.2) is 78.4 Å². The van der Waals surface area contributed by atoms with E-state index in [0.717, 1.165) is 60.8 Å². The summed E-state index contributed by atoms with van der Waals surface area (Å²) in [6, 6.07) is 16.9. The molecule has 5 rings (SSSR count). The molecule has 218 valence electrons. The number of nitrogens with zero attached hydrogens (tertiary/aromatic N) is 2. The van der Waals surface area contributed by atoms with Gasteiger partial charge in [-0.1, -0.05) is 24.3 Å². The molecule has 2 aliphatic rings.